The molecule has 0 saturated heterocycles. The lowest BCUT2D eigenvalue weighted by atomic mass is 9.88. The molecular formula is C23H31N3O4. The Morgan fingerprint density at radius 3 is 2.70 bits per heavy atom. The van der Waals surface area contributed by atoms with Crippen LogP contribution in [-0.4, -0.2) is 36.1 Å². The summed E-state index contributed by atoms with van der Waals surface area (Å²) in [5, 5.41) is 3.63. The van der Waals surface area contributed by atoms with Crippen molar-refractivity contribution < 1.29 is 19.1 Å². The number of anilines is 1. The second-order valence-electron chi connectivity index (χ2n) is 7.91. The molecule has 162 valence electrons. The smallest absolute Gasteiger partial charge is 0.342 e. The van der Waals surface area contributed by atoms with Gasteiger partial charge in [0, 0.05) is 5.92 Å². The van der Waals surface area contributed by atoms with Crippen LogP contribution in [0, 0.1) is 12.8 Å². The first-order valence-corrected chi connectivity index (χ1v) is 10.7. The van der Waals surface area contributed by atoms with Gasteiger partial charge in [-0.25, -0.2) is 4.79 Å². The zero-order chi connectivity index (χ0) is 21.7. The van der Waals surface area contributed by atoms with Crippen LogP contribution in [-0.2, 0) is 9.53 Å². The molecule has 1 aliphatic rings. The van der Waals surface area contributed by atoms with Crippen LogP contribution >= 0.6 is 0 Å². The number of nitrogens with zero attached hydrogens (tertiary/aromatic N) is 1. The minimum atomic E-state index is -0.496. The average molecular weight is 414 g/mol. The summed E-state index contributed by atoms with van der Waals surface area (Å²) in [5.74, 6) is 0.241. The van der Waals surface area contributed by atoms with Crippen molar-refractivity contribution in [1.29, 1.82) is 0 Å². The summed E-state index contributed by atoms with van der Waals surface area (Å²) in [5.41, 5.74) is 8.07. The van der Waals surface area contributed by atoms with Crippen molar-refractivity contribution in [3.05, 3.63) is 29.5 Å². The summed E-state index contributed by atoms with van der Waals surface area (Å²) in [7, 11) is 0. The minimum absolute atomic E-state index is 0.102. The fourth-order valence-electron chi connectivity index (χ4n) is 4.00. The van der Waals surface area contributed by atoms with E-state index >= 15 is 0 Å². The van der Waals surface area contributed by atoms with E-state index in [1.54, 1.807) is 19.9 Å². The van der Waals surface area contributed by atoms with Gasteiger partial charge in [0.15, 0.2) is 0 Å². The van der Waals surface area contributed by atoms with Crippen LogP contribution < -0.4 is 15.8 Å². The molecule has 1 aromatic carbocycles. The summed E-state index contributed by atoms with van der Waals surface area (Å²) in [6.45, 7) is 5.95. The molecule has 1 amide bonds. The van der Waals surface area contributed by atoms with Gasteiger partial charge in [0.05, 0.1) is 34.9 Å². The van der Waals surface area contributed by atoms with E-state index in [0.717, 1.165) is 25.7 Å². The Bertz CT molecular complexity index is 922. The molecule has 0 spiro atoms. The molecule has 0 bridgehead atoms. The van der Waals surface area contributed by atoms with E-state index in [9.17, 15) is 9.59 Å². The van der Waals surface area contributed by atoms with Crippen LogP contribution in [0.3, 0.4) is 0 Å². The quantitative estimate of drug-likeness (QED) is 0.670. The normalized spacial score (nSPS) is 15.6. The van der Waals surface area contributed by atoms with E-state index in [2.05, 4.69) is 10.3 Å². The van der Waals surface area contributed by atoms with Gasteiger partial charge in [-0.1, -0.05) is 25.3 Å². The molecule has 1 aromatic heterocycles. The predicted octanol–water partition coefficient (Wildman–Crippen LogP) is 3.77. The average Bonchev–Trinajstić information content (AvgIpc) is 2.72. The Kier molecular flexibility index (Phi) is 7.13. The van der Waals surface area contributed by atoms with Gasteiger partial charge in [0.2, 0.25) is 5.91 Å². The van der Waals surface area contributed by atoms with Gasteiger partial charge in [-0.15, -0.1) is 0 Å². The van der Waals surface area contributed by atoms with Crippen molar-refractivity contribution in [2.45, 2.75) is 58.9 Å². The molecule has 0 radical (unpaired) electrons. The highest BCUT2D eigenvalue weighted by molar-refractivity contribution is 6.07. The first-order chi connectivity index (χ1) is 14.4. The molecule has 0 unspecified atom stereocenters. The number of carbonyl (C=O) groups excluding carboxylic acids is 2. The zero-order valence-corrected chi connectivity index (χ0v) is 18.0. The molecule has 1 fully saturated rings. The van der Waals surface area contributed by atoms with Crippen molar-refractivity contribution in [1.82, 2.24) is 10.3 Å². The number of nitrogens with two attached hydrogens (primary N) is 1. The molecule has 3 rings (SSSR count). The van der Waals surface area contributed by atoms with Crippen molar-refractivity contribution in [2.24, 2.45) is 5.92 Å². The number of nitrogens with one attached hydrogen (secondary N) is 1. The van der Waals surface area contributed by atoms with Crippen LogP contribution in [0.25, 0.3) is 10.9 Å². The van der Waals surface area contributed by atoms with E-state index in [1.807, 2.05) is 19.1 Å². The van der Waals surface area contributed by atoms with Gasteiger partial charge >= 0.3 is 5.97 Å². The lowest BCUT2D eigenvalue weighted by Crippen LogP contribution is -2.40. The molecule has 7 nitrogen and oxygen atoms in total. The largest absolute Gasteiger partial charge is 0.491 e. The third-order valence-electron chi connectivity index (χ3n) is 5.53. The number of carbonyl (C=O) groups is 2. The summed E-state index contributed by atoms with van der Waals surface area (Å²) < 4.78 is 11.1. The van der Waals surface area contributed by atoms with Gasteiger partial charge in [0.1, 0.15) is 17.9 Å². The third-order valence-corrected chi connectivity index (χ3v) is 5.53. The summed E-state index contributed by atoms with van der Waals surface area (Å²) in [6.07, 6.45) is 5.37. The minimum Gasteiger partial charge on any atom is -0.491 e. The van der Waals surface area contributed by atoms with Gasteiger partial charge in [-0.05, 0) is 45.7 Å². The lowest BCUT2D eigenvalue weighted by Gasteiger charge is -2.23. The number of ether oxygens (including phenoxy) is 2. The Hall–Kier alpha value is -2.83. The molecule has 1 heterocycles. The molecule has 1 atom stereocenters. The number of rotatable bonds is 7. The highest BCUT2D eigenvalue weighted by atomic mass is 16.5. The van der Waals surface area contributed by atoms with Gasteiger partial charge in [0.25, 0.3) is 0 Å². The van der Waals surface area contributed by atoms with Gasteiger partial charge < -0.3 is 20.5 Å². The summed E-state index contributed by atoms with van der Waals surface area (Å²) >= 11 is 0. The topological polar surface area (TPSA) is 104 Å². The van der Waals surface area contributed by atoms with Gasteiger partial charge in [-0.2, -0.15) is 0 Å². The molecule has 1 aliphatic carbocycles. The monoisotopic (exact) mass is 413 g/mol. The number of aryl methyl sites for hydroxylation is 1. The van der Waals surface area contributed by atoms with Crippen molar-refractivity contribution in [2.75, 3.05) is 18.9 Å². The van der Waals surface area contributed by atoms with Crippen LogP contribution in [0.2, 0.25) is 0 Å². The molecular weight excluding hydrogens is 382 g/mol. The molecule has 30 heavy (non-hydrogen) atoms. The maximum atomic E-state index is 12.5. The number of amides is 1. The van der Waals surface area contributed by atoms with E-state index < -0.39 is 5.97 Å². The Labute approximate surface area is 177 Å². The Balaban J connectivity index is 1.76. The first-order valence-electron chi connectivity index (χ1n) is 10.7. The number of esters is 1. The van der Waals surface area contributed by atoms with Crippen molar-refractivity contribution in [3.63, 3.8) is 0 Å². The number of hydrogen-bond donors (Lipinski definition) is 2. The standard InChI is InChI=1S/C23H31N3O4/c1-4-29-23(28)19-15(3)26-17-11-8-12-18(20(17)21(19)24)30-13-14(2)25-22(27)16-9-6-5-7-10-16/h8,11-12,14,16H,4-7,9-10,13H2,1-3H3,(H2,24,26)(H,25,27)/t14-/m1/s1. The van der Waals surface area contributed by atoms with Crippen LogP contribution in [0.15, 0.2) is 18.2 Å². The number of nitrogen functional groups attached to an aromatic ring is 1. The van der Waals surface area contributed by atoms with E-state index in [1.165, 1.54) is 6.42 Å². The van der Waals surface area contributed by atoms with Crippen molar-refractivity contribution >= 4 is 28.5 Å². The highest BCUT2D eigenvalue weighted by Crippen LogP contribution is 2.34. The number of hydrogen-bond acceptors (Lipinski definition) is 6. The predicted molar refractivity (Wildman–Crippen MR) is 117 cm³/mol. The van der Waals surface area contributed by atoms with Gasteiger partial charge in [-0.3, -0.25) is 9.78 Å². The number of aromatic nitrogens is 1. The lowest BCUT2D eigenvalue weighted by molar-refractivity contribution is -0.126. The molecule has 0 aliphatic heterocycles. The number of benzene rings is 1. The molecule has 1 saturated carbocycles. The molecule has 3 N–H and O–H groups in total. The SMILES string of the molecule is CCOC(=O)c1c(C)nc2cccc(OC[C@@H](C)NC(=O)C3CCCCC3)c2c1N. The number of pyridine rings is 1. The van der Waals surface area contributed by atoms with E-state index in [4.69, 9.17) is 15.2 Å². The molecule has 7 heteroatoms. The van der Waals surface area contributed by atoms with E-state index in [-0.39, 0.29) is 30.0 Å². The van der Waals surface area contributed by atoms with Crippen LogP contribution in [0.5, 0.6) is 5.75 Å². The second-order valence-corrected chi connectivity index (χ2v) is 7.91. The van der Waals surface area contributed by atoms with Crippen LogP contribution in [0.1, 0.15) is 62.0 Å². The van der Waals surface area contributed by atoms with E-state index in [0.29, 0.717) is 34.6 Å². The Morgan fingerprint density at radius 1 is 1.27 bits per heavy atom. The first kappa shape index (κ1) is 21.9. The fraction of sp³-hybridized carbons (Fsp3) is 0.522. The molecule has 2 aromatic rings. The fourth-order valence-corrected chi connectivity index (χ4v) is 4.00. The second kappa shape index (κ2) is 9.78. The zero-order valence-electron chi connectivity index (χ0n) is 18.0. The van der Waals surface area contributed by atoms with Crippen molar-refractivity contribution in [3.8, 4) is 5.75 Å². The summed E-state index contributed by atoms with van der Waals surface area (Å²) in [6, 6.07) is 5.30. The maximum Gasteiger partial charge on any atom is 0.342 e. The third kappa shape index (κ3) is 4.83. The maximum absolute atomic E-state index is 12.5. The summed E-state index contributed by atoms with van der Waals surface area (Å²) in [4.78, 5) is 29.3. The highest BCUT2D eigenvalue weighted by Gasteiger charge is 2.23. The number of fused-ring (bicyclic) bond motifs is 1. The van der Waals surface area contributed by atoms with Crippen LogP contribution in [0.4, 0.5) is 5.69 Å². The Morgan fingerprint density at radius 2 is 2.00 bits per heavy atom.